The van der Waals surface area contributed by atoms with E-state index in [1.165, 1.54) is 12.1 Å². The van der Waals surface area contributed by atoms with Gasteiger partial charge >= 0.3 is 0 Å². The van der Waals surface area contributed by atoms with E-state index in [4.69, 9.17) is 0 Å². The number of hydrogen-bond donors (Lipinski definition) is 2. The van der Waals surface area contributed by atoms with E-state index in [0.29, 0.717) is 5.69 Å². The molecule has 0 aliphatic carbocycles. The molecule has 1 fully saturated rings. The molecule has 15 heavy (non-hydrogen) atoms. The normalized spacial score (nSPS) is 20.2. The van der Waals surface area contributed by atoms with Crippen LogP contribution in [0.4, 0.5) is 10.1 Å². The van der Waals surface area contributed by atoms with Crippen LogP contribution in [-0.4, -0.2) is 23.6 Å². The Labute approximate surface area is 91.4 Å². The first-order chi connectivity index (χ1) is 7.25. The van der Waals surface area contributed by atoms with Gasteiger partial charge in [0.05, 0.1) is 6.04 Å². The SMILES string of the molecule is O=C(Nc1cccc(F)c1)C1CSCN1. The van der Waals surface area contributed by atoms with Crippen molar-refractivity contribution in [3.05, 3.63) is 30.1 Å². The van der Waals surface area contributed by atoms with Crippen LogP contribution in [0.25, 0.3) is 0 Å². The van der Waals surface area contributed by atoms with E-state index in [2.05, 4.69) is 10.6 Å². The number of halogens is 1. The fourth-order valence-electron chi connectivity index (χ4n) is 1.36. The maximum Gasteiger partial charge on any atom is 0.242 e. The first-order valence-electron chi connectivity index (χ1n) is 4.63. The van der Waals surface area contributed by atoms with Gasteiger partial charge < -0.3 is 5.32 Å². The van der Waals surface area contributed by atoms with E-state index in [9.17, 15) is 9.18 Å². The van der Waals surface area contributed by atoms with Crippen molar-refractivity contribution in [1.29, 1.82) is 0 Å². The van der Waals surface area contributed by atoms with E-state index in [-0.39, 0.29) is 17.8 Å². The molecule has 1 aromatic rings. The molecule has 0 spiro atoms. The quantitative estimate of drug-likeness (QED) is 0.801. The third-order valence-corrected chi connectivity index (χ3v) is 3.06. The van der Waals surface area contributed by atoms with Crippen LogP contribution >= 0.6 is 11.8 Å². The first kappa shape index (κ1) is 10.4. The molecule has 0 radical (unpaired) electrons. The summed E-state index contributed by atoms with van der Waals surface area (Å²) in [4.78, 5) is 11.6. The van der Waals surface area contributed by atoms with Crippen LogP contribution < -0.4 is 10.6 Å². The Kier molecular flexibility index (Phi) is 3.23. The van der Waals surface area contributed by atoms with Crippen LogP contribution in [0.15, 0.2) is 24.3 Å². The summed E-state index contributed by atoms with van der Waals surface area (Å²) >= 11 is 1.68. The van der Waals surface area contributed by atoms with Gasteiger partial charge in [-0.05, 0) is 18.2 Å². The van der Waals surface area contributed by atoms with Gasteiger partial charge in [-0.3, -0.25) is 10.1 Å². The van der Waals surface area contributed by atoms with E-state index >= 15 is 0 Å². The standard InChI is InChI=1S/C10H11FN2OS/c11-7-2-1-3-8(4-7)13-10(14)9-5-15-6-12-9/h1-4,9,12H,5-6H2,(H,13,14). The monoisotopic (exact) mass is 226 g/mol. The summed E-state index contributed by atoms with van der Waals surface area (Å²) in [7, 11) is 0. The van der Waals surface area contributed by atoms with Crippen molar-refractivity contribution in [3.63, 3.8) is 0 Å². The van der Waals surface area contributed by atoms with Crippen LogP contribution in [0.1, 0.15) is 0 Å². The van der Waals surface area contributed by atoms with Crippen molar-refractivity contribution in [2.45, 2.75) is 6.04 Å². The lowest BCUT2D eigenvalue weighted by molar-refractivity contribution is -0.117. The molecule has 3 nitrogen and oxygen atoms in total. The first-order valence-corrected chi connectivity index (χ1v) is 5.79. The number of amides is 1. The fraction of sp³-hybridized carbons (Fsp3) is 0.300. The molecule has 0 aromatic heterocycles. The highest BCUT2D eigenvalue weighted by atomic mass is 32.2. The minimum Gasteiger partial charge on any atom is -0.325 e. The summed E-state index contributed by atoms with van der Waals surface area (Å²) in [6.07, 6.45) is 0. The largest absolute Gasteiger partial charge is 0.325 e. The third kappa shape index (κ3) is 2.70. The van der Waals surface area contributed by atoms with E-state index < -0.39 is 0 Å². The molecule has 2 N–H and O–H groups in total. The number of carbonyl (C=O) groups is 1. The molecule has 0 bridgehead atoms. The van der Waals surface area contributed by atoms with E-state index in [1.54, 1.807) is 23.9 Å². The molecular weight excluding hydrogens is 215 g/mol. The zero-order valence-electron chi connectivity index (χ0n) is 8.00. The average Bonchev–Trinajstić information content (AvgIpc) is 2.70. The van der Waals surface area contributed by atoms with Crippen molar-refractivity contribution in [1.82, 2.24) is 5.32 Å². The Hall–Kier alpha value is -1.07. The average molecular weight is 226 g/mol. The maximum absolute atomic E-state index is 12.8. The van der Waals surface area contributed by atoms with Crippen LogP contribution in [0.5, 0.6) is 0 Å². The molecule has 1 amide bonds. The molecule has 5 heteroatoms. The van der Waals surface area contributed by atoms with Crippen LogP contribution in [-0.2, 0) is 4.79 Å². The number of nitrogens with one attached hydrogen (secondary N) is 2. The summed E-state index contributed by atoms with van der Waals surface area (Å²) in [6, 6.07) is 5.72. The summed E-state index contributed by atoms with van der Waals surface area (Å²) in [5.74, 6) is 1.11. The molecular formula is C10H11FN2OS. The second kappa shape index (κ2) is 4.63. The van der Waals surface area contributed by atoms with Crippen molar-refractivity contribution in [2.75, 3.05) is 16.9 Å². The molecule has 1 unspecified atom stereocenters. The number of thioether (sulfide) groups is 1. The highest BCUT2D eigenvalue weighted by Crippen LogP contribution is 2.13. The van der Waals surface area contributed by atoms with Gasteiger partial charge in [-0.2, -0.15) is 0 Å². The Morgan fingerprint density at radius 1 is 1.60 bits per heavy atom. The summed E-state index contributed by atoms with van der Waals surface area (Å²) in [5, 5.41) is 5.72. The van der Waals surface area contributed by atoms with Gasteiger partial charge in [-0.15, -0.1) is 11.8 Å². The summed E-state index contributed by atoms with van der Waals surface area (Å²) in [6.45, 7) is 0. The molecule has 1 aliphatic heterocycles. The molecule has 1 atom stereocenters. The van der Waals surface area contributed by atoms with Gasteiger partial charge in [0.1, 0.15) is 5.82 Å². The van der Waals surface area contributed by atoms with Gasteiger partial charge in [0.15, 0.2) is 0 Å². The minimum absolute atomic E-state index is 0.106. The van der Waals surface area contributed by atoms with Gasteiger partial charge in [0.2, 0.25) is 5.91 Å². The molecule has 1 aromatic carbocycles. The number of anilines is 1. The highest BCUT2D eigenvalue weighted by Gasteiger charge is 2.22. The van der Waals surface area contributed by atoms with Gasteiger partial charge in [-0.1, -0.05) is 6.07 Å². The lowest BCUT2D eigenvalue weighted by Gasteiger charge is -2.10. The Bertz CT molecular complexity index is 366. The molecule has 1 aliphatic rings. The Morgan fingerprint density at radius 2 is 2.47 bits per heavy atom. The van der Waals surface area contributed by atoms with Gasteiger partial charge in [0.25, 0.3) is 0 Å². The van der Waals surface area contributed by atoms with Gasteiger partial charge in [0, 0.05) is 17.3 Å². The third-order valence-electron chi connectivity index (χ3n) is 2.12. The van der Waals surface area contributed by atoms with Crippen LogP contribution in [0.3, 0.4) is 0 Å². The van der Waals surface area contributed by atoms with Crippen LogP contribution in [0, 0.1) is 5.82 Å². The summed E-state index contributed by atoms with van der Waals surface area (Å²) in [5.41, 5.74) is 0.499. The number of hydrogen-bond acceptors (Lipinski definition) is 3. The Morgan fingerprint density at radius 3 is 3.13 bits per heavy atom. The molecule has 1 saturated heterocycles. The zero-order valence-corrected chi connectivity index (χ0v) is 8.81. The number of carbonyl (C=O) groups excluding carboxylic acids is 1. The molecule has 2 rings (SSSR count). The van der Waals surface area contributed by atoms with Crippen molar-refractivity contribution < 1.29 is 9.18 Å². The second-order valence-corrected chi connectivity index (χ2v) is 4.30. The zero-order chi connectivity index (χ0) is 10.7. The predicted molar refractivity (Wildman–Crippen MR) is 59.3 cm³/mol. The maximum atomic E-state index is 12.8. The van der Waals surface area contributed by atoms with E-state index in [0.717, 1.165) is 11.6 Å². The minimum atomic E-state index is -0.346. The highest BCUT2D eigenvalue weighted by molar-refractivity contribution is 7.99. The lowest BCUT2D eigenvalue weighted by Crippen LogP contribution is -2.37. The van der Waals surface area contributed by atoms with Crippen LogP contribution in [0.2, 0.25) is 0 Å². The number of benzene rings is 1. The topological polar surface area (TPSA) is 41.1 Å². The lowest BCUT2D eigenvalue weighted by atomic mass is 10.2. The van der Waals surface area contributed by atoms with Crippen molar-refractivity contribution in [3.8, 4) is 0 Å². The van der Waals surface area contributed by atoms with E-state index in [1.807, 2.05) is 0 Å². The Balaban J connectivity index is 1.99. The van der Waals surface area contributed by atoms with Crippen molar-refractivity contribution in [2.24, 2.45) is 0 Å². The summed E-state index contributed by atoms with van der Waals surface area (Å²) < 4.78 is 12.8. The second-order valence-electron chi connectivity index (χ2n) is 3.27. The predicted octanol–water partition coefficient (Wildman–Crippen LogP) is 1.43. The van der Waals surface area contributed by atoms with Gasteiger partial charge in [-0.25, -0.2) is 4.39 Å². The number of rotatable bonds is 2. The fourth-order valence-corrected chi connectivity index (χ4v) is 2.30. The van der Waals surface area contributed by atoms with Crippen molar-refractivity contribution >= 4 is 23.4 Å². The molecule has 80 valence electrons. The smallest absolute Gasteiger partial charge is 0.242 e. The molecule has 1 heterocycles. The molecule has 0 saturated carbocycles.